The molecule has 0 aromatic carbocycles. The number of rotatable bonds is 8. The monoisotopic (exact) mass is 241 g/mol. The van der Waals surface area contributed by atoms with E-state index in [-0.39, 0.29) is 0 Å². The summed E-state index contributed by atoms with van der Waals surface area (Å²) in [4.78, 5) is 10.4. The molecule has 0 aromatic rings. The Balaban J connectivity index is 3.75. The Labute approximate surface area is 93.0 Å². The number of nitrogens with one attached hydrogen (secondary N) is 1. The van der Waals surface area contributed by atoms with Crippen molar-refractivity contribution in [2.24, 2.45) is 5.92 Å². The van der Waals surface area contributed by atoms with Crippen LogP contribution in [0.25, 0.3) is 0 Å². The molecule has 0 saturated carbocycles. The van der Waals surface area contributed by atoms with E-state index in [4.69, 9.17) is 5.11 Å². The summed E-state index contributed by atoms with van der Waals surface area (Å²) in [6, 6.07) is 0. The molecule has 2 N–H and O–H groups in total. The molecule has 0 aliphatic rings. The molecule has 6 heteroatoms. The maximum absolute atomic E-state index is 12.2. The number of hydrogen-bond acceptors (Lipinski definition) is 2. The second-order valence-electron chi connectivity index (χ2n) is 3.70. The molecule has 1 unspecified atom stereocenters. The zero-order chi connectivity index (χ0) is 12.6. The molecule has 0 amide bonds. The lowest BCUT2D eigenvalue weighted by Crippen LogP contribution is -2.39. The first-order valence-electron chi connectivity index (χ1n) is 5.39. The van der Waals surface area contributed by atoms with Gasteiger partial charge in [-0.3, -0.25) is 4.79 Å². The third-order valence-electron chi connectivity index (χ3n) is 2.25. The highest BCUT2D eigenvalue weighted by Gasteiger charge is 2.44. The van der Waals surface area contributed by atoms with Crippen LogP contribution in [-0.2, 0) is 4.79 Å². The van der Waals surface area contributed by atoms with Crippen molar-refractivity contribution in [1.82, 2.24) is 5.32 Å². The summed E-state index contributed by atoms with van der Waals surface area (Å²) in [5.41, 5.74) is 0. The van der Waals surface area contributed by atoms with Gasteiger partial charge in [-0.15, -0.1) is 0 Å². The predicted octanol–water partition coefficient (Wildman–Crippen LogP) is 2.42. The van der Waals surface area contributed by atoms with Crippen molar-refractivity contribution < 1.29 is 23.1 Å². The molecule has 0 saturated heterocycles. The summed E-state index contributed by atoms with van der Waals surface area (Å²) in [5, 5.41) is 10.9. The molecule has 0 rings (SSSR count). The van der Waals surface area contributed by atoms with Crippen molar-refractivity contribution in [3.8, 4) is 0 Å². The van der Waals surface area contributed by atoms with Gasteiger partial charge in [0.2, 0.25) is 0 Å². The van der Waals surface area contributed by atoms with Gasteiger partial charge >= 0.3 is 12.1 Å². The molecule has 3 nitrogen and oxygen atoms in total. The van der Waals surface area contributed by atoms with Gasteiger partial charge in [-0.2, -0.15) is 13.2 Å². The van der Waals surface area contributed by atoms with Gasteiger partial charge in [0.05, 0.1) is 0 Å². The molecule has 0 aliphatic carbocycles. The Hall–Kier alpha value is -0.780. The number of hydrogen-bond donors (Lipinski definition) is 2. The molecular weight excluding hydrogens is 223 g/mol. The fraction of sp³-hybridized carbons (Fsp3) is 0.900. The Bertz CT molecular complexity index is 207. The lowest BCUT2D eigenvalue weighted by molar-refractivity contribution is -0.192. The van der Waals surface area contributed by atoms with Gasteiger partial charge in [0.15, 0.2) is 5.92 Å². The molecule has 0 heterocycles. The van der Waals surface area contributed by atoms with Gasteiger partial charge in [-0.25, -0.2) is 0 Å². The highest BCUT2D eigenvalue weighted by atomic mass is 19.4. The van der Waals surface area contributed by atoms with Crippen LogP contribution in [-0.4, -0.2) is 30.3 Å². The molecule has 0 aliphatic heterocycles. The molecule has 0 radical (unpaired) electrons. The number of aliphatic carboxylic acids is 1. The molecule has 0 fully saturated rings. The number of halogens is 3. The van der Waals surface area contributed by atoms with Crippen molar-refractivity contribution in [3.63, 3.8) is 0 Å². The molecule has 0 bridgehead atoms. The van der Waals surface area contributed by atoms with Gasteiger partial charge in [-0.1, -0.05) is 26.2 Å². The van der Waals surface area contributed by atoms with Crippen LogP contribution in [0.2, 0.25) is 0 Å². The number of alkyl halides is 3. The first-order valence-corrected chi connectivity index (χ1v) is 5.39. The van der Waals surface area contributed by atoms with Crippen molar-refractivity contribution in [2.75, 3.05) is 13.1 Å². The number of carboxylic acids is 1. The Morgan fingerprint density at radius 3 is 2.38 bits per heavy atom. The van der Waals surface area contributed by atoms with Crippen molar-refractivity contribution in [2.45, 2.75) is 38.8 Å². The summed E-state index contributed by atoms with van der Waals surface area (Å²) in [5.74, 6) is -4.13. The van der Waals surface area contributed by atoms with Crippen molar-refractivity contribution in [1.29, 1.82) is 0 Å². The van der Waals surface area contributed by atoms with E-state index in [1.165, 1.54) is 0 Å². The molecule has 0 aromatic heterocycles. The van der Waals surface area contributed by atoms with Crippen LogP contribution in [0.5, 0.6) is 0 Å². The molecular formula is C10H18F3NO2. The van der Waals surface area contributed by atoms with E-state index in [0.29, 0.717) is 6.54 Å². The summed E-state index contributed by atoms with van der Waals surface area (Å²) in [7, 11) is 0. The minimum absolute atomic E-state index is 0.430. The normalized spacial score (nSPS) is 13.8. The maximum atomic E-state index is 12.2. The summed E-state index contributed by atoms with van der Waals surface area (Å²) < 4.78 is 36.5. The standard InChI is InChI=1S/C10H18F3NO2/c1-2-3-4-5-6-14-7-8(9(15)16)10(11,12)13/h8,14H,2-7H2,1H3,(H,15,16). The van der Waals surface area contributed by atoms with E-state index >= 15 is 0 Å². The minimum Gasteiger partial charge on any atom is -0.481 e. The zero-order valence-corrected chi connectivity index (χ0v) is 9.31. The summed E-state index contributed by atoms with van der Waals surface area (Å²) in [6.07, 6.45) is -0.850. The van der Waals surface area contributed by atoms with Crippen molar-refractivity contribution >= 4 is 5.97 Å². The average Bonchev–Trinajstić information content (AvgIpc) is 2.13. The van der Waals surface area contributed by atoms with Gasteiger partial charge in [0.1, 0.15) is 0 Å². The summed E-state index contributed by atoms with van der Waals surface area (Å²) >= 11 is 0. The smallest absolute Gasteiger partial charge is 0.403 e. The van der Waals surface area contributed by atoms with Crippen molar-refractivity contribution in [3.05, 3.63) is 0 Å². The molecule has 1 atom stereocenters. The van der Waals surface area contributed by atoms with E-state index < -0.39 is 24.6 Å². The van der Waals surface area contributed by atoms with E-state index in [9.17, 15) is 18.0 Å². The lowest BCUT2D eigenvalue weighted by Gasteiger charge is -2.16. The number of carboxylic acid groups (broad SMARTS) is 1. The SMILES string of the molecule is CCCCCCNCC(C(=O)O)C(F)(F)F. The Kier molecular flexibility index (Phi) is 7.12. The molecule has 0 spiro atoms. The van der Waals surface area contributed by atoms with E-state index in [2.05, 4.69) is 5.32 Å². The van der Waals surface area contributed by atoms with Crippen LogP contribution >= 0.6 is 0 Å². The highest BCUT2D eigenvalue weighted by Crippen LogP contribution is 2.25. The fourth-order valence-corrected chi connectivity index (χ4v) is 1.27. The number of carbonyl (C=O) groups is 1. The topological polar surface area (TPSA) is 49.3 Å². The molecule has 16 heavy (non-hydrogen) atoms. The first kappa shape index (κ1) is 15.2. The van der Waals surface area contributed by atoms with Crippen LogP contribution in [0, 0.1) is 5.92 Å². The second-order valence-corrected chi connectivity index (χ2v) is 3.70. The second kappa shape index (κ2) is 7.49. The van der Waals surface area contributed by atoms with Crippen LogP contribution in [0.4, 0.5) is 13.2 Å². The van der Waals surface area contributed by atoms with Gasteiger partial charge in [-0.05, 0) is 13.0 Å². The van der Waals surface area contributed by atoms with Gasteiger partial charge < -0.3 is 10.4 Å². The Morgan fingerprint density at radius 2 is 1.94 bits per heavy atom. The van der Waals surface area contributed by atoms with Crippen LogP contribution in [0.3, 0.4) is 0 Å². The zero-order valence-electron chi connectivity index (χ0n) is 9.31. The Morgan fingerprint density at radius 1 is 1.31 bits per heavy atom. The number of unbranched alkanes of at least 4 members (excludes halogenated alkanes) is 3. The fourth-order valence-electron chi connectivity index (χ4n) is 1.27. The average molecular weight is 241 g/mol. The quantitative estimate of drug-likeness (QED) is 0.642. The van der Waals surface area contributed by atoms with Gasteiger partial charge in [0.25, 0.3) is 0 Å². The largest absolute Gasteiger partial charge is 0.481 e. The highest BCUT2D eigenvalue weighted by molar-refractivity contribution is 5.71. The van der Waals surface area contributed by atoms with Crippen LogP contribution < -0.4 is 5.32 Å². The van der Waals surface area contributed by atoms with E-state index in [1.807, 2.05) is 6.92 Å². The van der Waals surface area contributed by atoms with E-state index in [0.717, 1.165) is 25.7 Å². The first-order chi connectivity index (χ1) is 7.39. The minimum atomic E-state index is -4.68. The van der Waals surface area contributed by atoms with Crippen LogP contribution in [0.1, 0.15) is 32.6 Å². The third-order valence-corrected chi connectivity index (χ3v) is 2.25. The van der Waals surface area contributed by atoms with E-state index in [1.54, 1.807) is 0 Å². The third kappa shape index (κ3) is 6.66. The van der Waals surface area contributed by atoms with Crippen LogP contribution in [0.15, 0.2) is 0 Å². The predicted molar refractivity (Wildman–Crippen MR) is 54.2 cm³/mol. The van der Waals surface area contributed by atoms with Gasteiger partial charge in [0, 0.05) is 6.54 Å². The summed E-state index contributed by atoms with van der Waals surface area (Å²) in [6.45, 7) is 1.92. The molecule has 96 valence electrons. The lowest BCUT2D eigenvalue weighted by atomic mass is 10.1. The maximum Gasteiger partial charge on any atom is 0.403 e.